The molecule has 154 valence electrons. The number of amides is 1. The van der Waals surface area contributed by atoms with Crippen molar-refractivity contribution in [3.05, 3.63) is 34.9 Å². The monoisotopic (exact) mass is 417 g/mol. The van der Waals surface area contributed by atoms with Crippen molar-refractivity contribution in [2.45, 2.75) is 38.0 Å². The van der Waals surface area contributed by atoms with Crippen LogP contribution in [-0.2, 0) is 25.0 Å². The van der Waals surface area contributed by atoms with Crippen LogP contribution in [0, 0.1) is 11.6 Å². The second kappa shape index (κ2) is 7.73. The van der Waals surface area contributed by atoms with Crippen LogP contribution < -0.4 is 5.32 Å². The number of carbonyl (C=O) groups excluding carboxylic acids is 1. The standard InChI is InChI=1S/C18H22F3N3O3S/c1-11(25)23-10-13-9-16(24-27-13)12-7-14(19)17(15(20)8-12)18(21)3-5-28(26,22-2)6-4-18/h7-8,13H,3-6,9-10H2,1-2H3,(H,23,25)/t13-,18-,28+/m1/s1. The minimum atomic E-state index is -2.50. The van der Waals surface area contributed by atoms with Gasteiger partial charge < -0.3 is 10.2 Å². The van der Waals surface area contributed by atoms with E-state index in [9.17, 15) is 17.8 Å². The van der Waals surface area contributed by atoms with Crippen LogP contribution in [0.2, 0.25) is 0 Å². The summed E-state index contributed by atoms with van der Waals surface area (Å²) in [5.74, 6) is -2.31. The molecule has 1 fully saturated rings. The second-order valence-corrected chi connectivity index (χ2v) is 9.78. The zero-order valence-electron chi connectivity index (χ0n) is 15.6. The third-order valence-electron chi connectivity index (χ3n) is 5.10. The van der Waals surface area contributed by atoms with Crippen molar-refractivity contribution in [3.8, 4) is 0 Å². The number of nitrogens with zero attached hydrogens (tertiary/aromatic N) is 2. The van der Waals surface area contributed by atoms with E-state index in [4.69, 9.17) is 4.84 Å². The second-order valence-electron chi connectivity index (χ2n) is 7.05. The molecule has 0 aromatic heterocycles. The van der Waals surface area contributed by atoms with Crippen LogP contribution in [0.5, 0.6) is 0 Å². The van der Waals surface area contributed by atoms with Gasteiger partial charge in [-0.05, 0) is 25.0 Å². The van der Waals surface area contributed by atoms with Crippen LogP contribution in [0.15, 0.2) is 21.7 Å². The molecule has 28 heavy (non-hydrogen) atoms. The van der Waals surface area contributed by atoms with Gasteiger partial charge in [-0.25, -0.2) is 21.7 Å². The van der Waals surface area contributed by atoms with Crippen LogP contribution in [0.3, 0.4) is 0 Å². The van der Waals surface area contributed by atoms with Gasteiger partial charge in [-0.2, -0.15) is 0 Å². The molecule has 0 unspecified atom stereocenters. The van der Waals surface area contributed by atoms with E-state index in [2.05, 4.69) is 14.8 Å². The Kier molecular flexibility index (Phi) is 5.69. The Balaban J connectivity index is 1.79. The SMILES string of the molecule is CN=[S@]1(=O)CC[C@](F)(c2c(F)cc(C3=NO[C@@H](CNC(C)=O)C3)cc2F)CC1. The van der Waals surface area contributed by atoms with Crippen LogP contribution in [0.25, 0.3) is 0 Å². The number of nitrogens with one attached hydrogen (secondary N) is 1. The highest BCUT2D eigenvalue weighted by atomic mass is 32.2. The first-order valence-corrected chi connectivity index (χ1v) is 10.8. The summed E-state index contributed by atoms with van der Waals surface area (Å²) < 4.78 is 60.7. The molecular formula is C18H22F3N3O3S. The number of alkyl halides is 1. The van der Waals surface area contributed by atoms with Crippen LogP contribution in [0.4, 0.5) is 13.2 Å². The minimum Gasteiger partial charge on any atom is -0.390 e. The molecule has 2 heterocycles. The van der Waals surface area contributed by atoms with Gasteiger partial charge in [0.25, 0.3) is 0 Å². The topological polar surface area (TPSA) is 80.1 Å². The van der Waals surface area contributed by atoms with E-state index in [-0.39, 0.29) is 48.8 Å². The predicted octanol–water partition coefficient (Wildman–Crippen LogP) is 2.65. The largest absolute Gasteiger partial charge is 0.390 e. The lowest BCUT2D eigenvalue weighted by Gasteiger charge is -2.32. The number of carbonyl (C=O) groups is 1. The molecule has 2 aliphatic rings. The zero-order valence-corrected chi connectivity index (χ0v) is 16.5. The number of hydrogen-bond acceptors (Lipinski definition) is 5. The van der Waals surface area contributed by atoms with Gasteiger partial charge in [0.15, 0.2) is 0 Å². The van der Waals surface area contributed by atoms with Crippen LogP contribution >= 0.6 is 0 Å². The summed E-state index contributed by atoms with van der Waals surface area (Å²) in [4.78, 5) is 16.1. The fraction of sp³-hybridized carbons (Fsp3) is 0.556. The van der Waals surface area contributed by atoms with Gasteiger partial charge in [-0.3, -0.25) is 4.79 Å². The molecule has 1 atom stereocenters. The van der Waals surface area contributed by atoms with Crippen molar-refractivity contribution < 1.29 is 27.0 Å². The molecule has 2 aliphatic heterocycles. The predicted molar refractivity (Wildman–Crippen MR) is 99.3 cm³/mol. The van der Waals surface area contributed by atoms with Gasteiger partial charge in [0.2, 0.25) is 5.91 Å². The van der Waals surface area contributed by atoms with Crippen molar-refractivity contribution in [2.24, 2.45) is 9.52 Å². The summed E-state index contributed by atoms with van der Waals surface area (Å²) in [7, 11) is -1.09. The summed E-state index contributed by atoms with van der Waals surface area (Å²) in [5.41, 5.74) is -2.37. The molecule has 3 rings (SSSR count). The molecule has 1 N–H and O–H groups in total. The molecule has 0 bridgehead atoms. The van der Waals surface area contributed by atoms with Gasteiger partial charge in [-0.1, -0.05) is 5.16 Å². The quantitative estimate of drug-likeness (QED) is 0.818. The van der Waals surface area contributed by atoms with Crippen molar-refractivity contribution >= 4 is 21.3 Å². The number of benzene rings is 1. The van der Waals surface area contributed by atoms with Crippen molar-refractivity contribution in [3.63, 3.8) is 0 Å². The Bertz CT molecular complexity index is 904. The number of rotatable bonds is 4. The number of halogens is 3. The average Bonchev–Trinajstić information content (AvgIpc) is 3.11. The highest BCUT2D eigenvalue weighted by Crippen LogP contribution is 2.41. The maximum atomic E-state index is 15.3. The Labute approximate surface area is 161 Å². The highest BCUT2D eigenvalue weighted by molar-refractivity contribution is 7.93. The first-order chi connectivity index (χ1) is 13.2. The smallest absolute Gasteiger partial charge is 0.217 e. The molecule has 10 heteroatoms. The van der Waals surface area contributed by atoms with E-state index in [1.165, 1.54) is 14.0 Å². The Morgan fingerprint density at radius 2 is 1.96 bits per heavy atom. The molecular weight excluding hydrogens is 395 g/mol. The molecule has 1 saturated heterocycles. The fourth-order valence-corrected chi connectivity index (χ4v) is 5.29. The Morgan fingerprint density at radius 3 is 2.50 bits per heavy atom. The van der Waals surface area contributed by atoms with Crippen LogP contribution in [-0.4, -0.2) is 47.0 Å². The molecule has 1 aromatic rings. The summed E-state index contributed by atoms with van der Waals surface area (Å²) >= 11 is 0. The van der Waals surface area contributed by atoms with Gasteiger partial charge in [0.05, 0.1) is 17.8 Å². The van der Waals surface area contributed by atoms with Gasteiger partial charge in [-0.15, -0.1) is 0 Å². The van der Waals surface area contributed by atoms with Crippen LogP contribution in [0.1, 0.15) is 37.3 Å². The minimum absolute atomic E-state index is 0.0357. The number of oxime groups is 1. The van der Waals surface area contributed by atoms with Gasteiger partial charge in [0.1, 0.15) is 23.4 Å². The number of hydrogen-bond donors (Lipinski definition) is 1. The van der Waals surface area contributed by atoms with Crippen molar-refractivity contribution in [1.82, 2.24) is 5.32 Å². The molecule has 0 radical (unpaired) electrons. The van der Waals surface area contributed by atoms with E-state index in [0.29, 0.717) is 5.71 Å². The zero-order chi connectivity index (χ0) is 20.5. The fourth-order valence-electron chi connectivity index (χ4n) is 3.44. The molecule has 6 nitrogen and oxygen atoms in total. The lowest BCUT2D eigenvalue weighted by molar-refractivity contribution is -0.119. The Morgan fingerprint density at radius 1 is 1.36 bits per heavy atom. The molecule has 0 aliphatic carbocycles. The maximum absolute atomic E-state index is 15.3. The molecule has 0 spiro atoms. The van der Waals surface area contributed by atoms with E-state index >= 15 is 4.39 Å². The normalized spacial score (nSPS) is 29.8. The van der Waals surface area contributed by atoms with E-state index < -0.39 is 38.7 Å². The summed E-state index contributed by atoms with van der Waals surface area (Å²) in [6, 6.07) is 2.08. The van der Waals surface area contributed by atoms with E-state index in [1.807, 2.05) is 0 Å². The summed E-state index contributed by atoms with van der Waals surface area (Å²) in [5, 5.41) is 6.41. The van der Waals surface area contributed by atoms with Gasteiger partial charge in [0, 0.05) is 47.2 Å². The summed E-state index contributed by atoms with van der Waals surface area (Å²) in [6.07, 6.45) is -0.667. The summed E-state index contributed by atoms with van der Waals surface area (Å²) in [6.45, 7) is 1.59. The maximum Gasteiger partial charge on any atom is 0.217 e. The molecule has 1 amide bonds. The average molecular weight is 417 g/mol. The lowest BCUT2D eigenvalue weighted by Crippen LogP contribution is -2.35. The first kappa shape index (κ1) is 20.6. The van der Waals surface area contributed by atoms with Crippen molar-refractivity contribution in [1.29, 1.82) is 0 Å². The third kappa shape index (κ3) is 4.16. The first-order valence-electron chi connectivity index (χ1n) is 8.92. The van der Waals surface area contributed by atoms with Gasteiger partial charge >= 0.3 is 0 Å². The highest BCUT2D eigenvalue weighted by Gasteiger charge is 2.42. The van der Waals surface area contributed by atoms with E-state index in [1.54, 1.807) is 0 Å². The lowest BCUT2D eigenvalue weighted by atomic mass is 9.87. The molecule has 1 aromatic carbocycles. The van der Waals surface area contributed by atoms with E-state index in [0.717, 1.165) is 12.1 Å². The molecule has 0 saturated carbocycles. The Hall–Kier alpha value is -2.10. The third-order valence-corrected chi connectivity index (χ3v) is 7.45. The van der Waals surface area contributed by atoms with Crippen molar-refractivity contribution in [2.75, 3.05) is 25.1 Å².